The molecule has 0 radical (unpaired) electrons. The number of fused-ring (bicyclic) bond motifs is 1. The standard InChI is InChI=1S/C18H25NO/c1-18(2,3)13-19(4)12-17(20)16-10-9-14-7-5-6-8-15(14)11-16/h5-11,17,20H,12-13H2,1-4H3. The average Bonchev–Trinajstić information content (AvgIpc) is 2.35. The van der Waals surface area contributed by atoms with Gasteiger partial charge in [-0.25, -0.2) is 0 Å². The normalized spacial score (nSPS) is 13.9. The summed E-state index contributed by atoms with van der Waals surface area (Å²) in [4.78, 5) is 2.19. The van der Waals surface area contributed by atoms with Gasteiger partial charge in [0.15, 0.2) is 0 Å². The molecule has 2 aromatic carbocycles. The van der Waals surface area contributed by atoms with Gasteiger partial charge in [0.1, 0.15) is 0 Å². The molecule has 0 aromatic heterocycles. The molecule has 2 aromatic rings. The van der Waals surface area contributed by atoms with E-state index in [1.54, 1.807) is 0 Å². The number of benzene rings is 2. The van der Waals surface area contributed by atoms with Crippen molar-refractivity contribution in [2.24, 2.45) is 5.41 Å². The molecule has 0 aliphatic rings. The maximum Gasteiger partial charge on any atom is 0.0917 e. The van der Waals surface area contributed by atoms with Gasteiger partial charge in [0.05, 0.1) is 6.10 Å². The fourth-order valence-corrected chi connectivity index (χ4v) is 2.69. The Bertz CT molecular complexity index is 571. The number of hydrogen-bond acceptors (Lipinski definition) is 2. The predicted octanol–water partition coefficient (Wildman–Crippen LogP) is 3.85. The number of rotatable bonds is 4. The first-order chi connectivity index (χ1) is 9.35. The number of aliphatic hydroxyl groups is 1. The zero-order valence-corrected chi connectivity index (χ0v) is 12.9. The lowest BCUT2D eigenvalue weighted by Gasteiger charge is -2.28. The number of hydrogen-bond donors (Lipinski definition) is 1. The first kappa shape index (κ1) is 15.0. The highest BCUT2D eigenvalue weighted by Gasteiger charge is 2.17. The van der Waals surface area contributed by atoms with Crippen molar-refractivity contribution in [3.05, 3.63) is 48.0 Å². The minimum Gasteiger partial charge on any atom is -0.387 e. The van der Waals surface area contributed by atoms with Gasteiger partial charge in [-0.1, -0.05) is 57.2 Å². The summed E-state index contributed by atoms with van der Waals surface area (Å²) in [6, 6.07) is 14.4. The molecule has 0 aliphatic heterocycles. The summed E-state index contributed by atoms with van der Waals surface area (Å²) in [5.41, 5.74) is 1.24. The molecular formula is C18H25NO. The van der Waals surface area contributed by atoms with Crippen LogP contribution in [0.2, 0.25) is 0 Å². The van der Waals surface area contributed by atoms with Crippen molar-refractivity contribution in [3.8, 4) is 0 Å². The van der Waals surface area contributed by atoms with Crippen LogP contribution in [0.25, 0.3) is 10.8 Å². The molecule has 0 spiro atoms. The van der Waals surface area contributed by atoms with E-state index < -0.39 is 6.10 Å². The van der Waals surface area contributed by atoms with Gasteiger partial charge in [0.25, 0.3) is 0 Å². The van der Waals surface area contributed by atoms with Crippen LogP contribution in [0.3, 0.4) is 0 Å². The van der Waals surface area contributed by atoms with Crippen molar-refractivity contribution < 1.29 is 5.11 Å². The van der Waals surface area contributed by atoms with Crippen molar-refractivity contribution in [2.45, 2.75) is 26.9 Å². The van der Waals surface area contributed by atoms with Gasteiger partial charge in [-0.2, -0.15) is 0 Å². The molecule has 0 heterocycles. The van der Waals surface area contributed by atoms with Crippen molar-refractivity contribution in [1.82, 2.24) is 4.90 Å². The van der Waals surface area contributed by atoms with Crippen LogP contribution >= 0.6 is 0 Å². The Kier molecular flexibility index (Phi) is 4.46. The zero-order valence-electron chi connectivity index (χ0n) is 12.9. The van der Waals surface area contributed by atoms with Gasteiger partial charge in [0.2, 0.25) is 0 Å². The van der Waals surface area contributed by atoms with E-state index in [4.69, 9.17) is 0 Å². The van der Waals surface area contributed by atoms with E-state index in [0.717, 1.165) is 12.1 Å². The van der Waals surface area contributed by atoms with Gasteiger partial charge in [-0.05, 0) is 34.9 Å². The molecule has 0 amide bonds. The molecule has 0 fully saturated rings. The van der Waals surface area contributed by atoms with Crippen LogP contribution in [0.15, 0.2) is 42.5 Å². The minimum absolute atomic E-state index is 0.248. The topological polar surface area (TPSA) is 23.5 Å². The summed E-state index contributed by atoms with van der Waals surface area (Å²) in [5, 5.41) is 12.8. The Hall–Kier alpha value is -1.38. The van der Waals surface area contributed by atoms with Gasteiger partial charge in [0, 0.05) is 13.1 Å². The quantitative estimate of drug-likeness (QED) is 0.913. The molecule has 0 saturated heterocycles. The maximum atomic E-state index is 10.4. The molecule has 0 aliphatic carbocycles. The van der Waals surface area contributed by atoms with Crippen LogP contribution in [0, 0.1) is 5.41 Å². The molecule has 2 rings (SSSR count). The second kappa shape index (κ2) is 5.94. The first-order valence-electron chi connectivity index (χ1n) is 7.20. The molecule has 1 N–H and O–H groups in total. The van der Waals surface area contributed by atoms with Gasteiger partial charge in [-0.3, -0.25) is 0 Å². The summed E-state index contributed by atoms with van der Waals surface area (Å²) in [6.07, 6.45) is -0.438. The number of aliphatic hydroxyl groups excluding tert-OH is 1. The molecule has 0 bridgehead atoms. The molecule has 20 heavy (non-hydrogen) atoms. The van der Waals surface area contributed by atoms with Crippen LogP contribution in [0.1, 0.15) is 32.4 Å². The minimum atomic E-state index is -0.438. The summed E-state index contributed by atoms with van der Waals surface area (Å²) in [5.74, 6) is 0. The Morgan fingerprint density at radius 2 is 1.70 bits per heavy atom. The summed E-state index contributed by atoms with van der Waals surface area (Å²) < 4.78 is 0. The van der Waals surface area contributed by atoms with Crippen molar-refractivity contribution in [3.63, 3.8) is 0 Å². The lowest BCUT2D eigenvalue weighted by molar-refractivity contribution is 0.108. The molecule has 0 saturated carbocycles. The van der Waals surface area contributed by atoms with E-state index in [2.05, 4.69) is 57.0 Å². The van der Waals surface area contributed by atoms with E-state index in [1.165, 1.54) is 10.8 Å². The van der Waals surface area contributed by atoms with Crippen LogP contribution in [0.5, 0.6) is 0 Å². The highest BCUT2D eigenvalue weighted by atomic mass is 16.3. The number of nitrogens with zero attached hydrogens (tertiary/aromatic N) is 1. The van der Waals surface area contributed by atoms with Crippen LogP contribution in [-0.2, 0) is 0 Å². The van der Waals surface area contributed by atoms with Gasteiger partial charge >= 0.3 is 0 Å². The molecule has 1 atom stereocenters. The smallest absolute Gasteiger partial charge is 0.0917 e. The first-order valence-corrected chi connectivity index (χ1v) is 7.20. The van der Waals surface area contributed by atoms with E-state index in [-0.39, 0.29) is 5.41 Å². The second-order valence-corrected chi connectivity index (χ2v) is 6.88. The Labute approximate surface area is 122 Å². The highest BCUT2D eigenvalue weighted by molar-refractivity contribution is 5.83. The molecule has 1 unspecified atom stereocenters. The predicted molar refractivity (Wildman–Crippen MR) is 85.9 cm³/mol. The largest absolute Gasteiger partial charge is 0.387 e. The van der Waals surface area contributed by atoms with Crippen molar-refractivity contribution >= 4 is 10.8 Å². The average molecular weight is 271 g/mol. The fraction of sp³-hybridized carbons (Fsp3) is 0.444. The van der Waals surface area contributed by atoms with Crippen LogP contribution < -0.4 is 0 Å². The van der Waals surface area contributed by atoms with E-state index in [9.17, 15) is 5.11 Å². The van der Waals surface area contributed by atoms with Crippen molar-refractivity contribution in [2.75, 3.05) is 20.1 Å². The molecule has 2 heteroatoms. The van der Waals surface area contributed by atoms with Crippen molar-refractivity contribution in [1.29, 1.82) is 0 Å². The summed E-state index contributed by atoms with van der Waals surface area (Å²) in [7, 11) is 2.06. The molecular weight excluding hydrogens is 246 g/mol. The molecule has 108 valence electrons. The SMILES string of the molecule is CN(CC(O)c1ccc2ccccc2c1)CC(C)(C)C. The van der Waals surface area contributed by atoms with E-state index in [0.29, 0.717) is 6.54 Å². The second-order valence-electron chi connectivity index (χ2n) is 6.88. The lowest BCUT2D eigenvalue weighted by Crippen LogP contribution is -2.32. The highest BCUT2D eigenvalue weighted by Crippen LogP contribution is 2.22. The maximum absolute atomic E-state index is 10.4. The summed E-state index contributed by atoms with van der Waals surface area (Å²) in [6.45, 7) is 8.27. The Morgan fingerprint density at radius 1 is 1.05 bits per heavy atom. The summed E-state index contributed by atoms with van der Waals surface area (Å²) >= 11 is 0. The van der Waals surface area contributed by atoms with Crippen LogP contribution in [-0.4, -0.2) is 30.1 Å². The molecule has 2 nitrogen and oxygen atoms in total. The van der Waals surface area contributed by atoms with Gasteiger partial charge < -0.3 is 10.0 Å². The zero-order chi connectivity index (χ0) is 14.8. The Balaban J connectivity index is 2.09. The third-order valence-corrected chi connectivity index (χ3v) is 3.39. The van der Waals surface area contributed by atoms with Crippen LogP contribution in [0.4, 0.5) is 0 Å². The monoisotopic (exact) mass is 271 g/mol. The number of likely N-dealkylation sites (N-methyl/N-ethyl adjacent to an activating group) is 1. The van der Waals surface area contributed by atoms with E-state index in [1.807, 2.05) is 18.2 Å². The third-order valence-electron chi connectivity index (χ3n) is 3.39. The van der Waals surface area contributed by atoms with Gasteiger partial charge in [-0.15, -0.1) is 0 Å². The fourth-order valence-electron chi connectivity index (χ4n) is 2.69. The Morgan fingerprint density at radius 3 is 2.35 bits per heavy atom. The third kappa shape index (κ3) is 4.06. The van der Waals surface area contributed by atoms with E-state index >= 15 is 0 Å². The lowest BCUT2D eigenvalue weighted by atomic mass is 9.96.